The number of methoxy groups -OCH3 is 1. The third-order valence-corrected chi connectivity index (χ3v) is 4.01. The van der Waals surface area contributed by atoms with Gasteiger partial charge in [0.15, 0.2) is 0 Å². The fourth-order valence-corrected chi connectivity index (χ4v) is 2.80. The van der Waals surface area contributed by atoms with Gasteiger partial charge in [-0.1, -0.05) is 18.2 Å². The second-order valence-electron chi connectivity index (χ2n) is 5.93. The SMILES string of the molecule is COc1ccccc1Cn1c(C(F)(F)F)cnc1-c1ccc(OC(F)(F)F)cc1. The zero-order valence-electron chi connectivity index (χ0n) is 14.9. The molecule has 0 saturated carbocycles. The largest absolute Gasteiger partial charge is 0.573 e. The van der Waals surface area contributed by atoms with Crippen LogP contribution in [0.25, 0.3) is 11.4 Å². The number of hydrogen-bond acceptors (Lipinski definition) is 3. The minimum Gasteiger partial charge on any atom is -0.496 e. The highest BCUT2D eigenvalue weighted by atomic mass is 19.4. The first-order valence-corrected chi connectivity index (χ1v) is 8.19. The number of imidazole rings is 1. The lowest BCUT2D eigenvalue weighted by atomic mass is 10.1. The van der Waals surface area contributed by atoms with E-state index in [4.69, 9.17) is 4.74 Å². The number of hydrogen-bond donors (Lipinski definition) is 0. The van der Waals surface area contributed by atoms with Gasteiger partial charge >= 0.3 is 12.5 Å². The van der Waals surface area contributed by atoms with Gasteiger partial charge in [0.1, 0.15) is 23.0 Å². The van der Waals surface area contributed by atoms with Crippen LogP contribution in [0.4, 0.5) is 26.3 Å². The monoisotopic (exact) mass is 416 g/mol. The summed E-state index contributed by atoms with van der Waals surface area (Å²) in [5.41, 5.74) is -0.310. The van der Waals surface area contributed by atoms with E-state index in [0.717, 1.165) is 16.7 Å². The fraction of sp³-hybridized carbons (Fsp3) is 0.211. The molecule has 2 aromatic carbocycles. The van der Waals surface area contributed by atoms with Gasteiger partial charge in [-0.25, -0.2) is 4.98 Å². The van der Waals surface area contributed by atoms with E-state index in [1.807, 2.05) is 0 Å². The normalized spacial score (nSPS) is 12.1. The number of aromatic nitrogens is 2. The molecule has 3 aromatic rings. The number of benzene rings is 2. The number of rotatable bonds is 5. The molecule has 29 heavy (non-hydrogen) atoms. The molecule has 0 aliphatic carbocycles. The van der Waals surface area contributed by atoms with Crippen LogP contribution < -0.4 is 9.47 Å². The topological polar surface area (TPSA) is 36.3 Å². The summed E-state index contributed by atoms with van der Waals surface area (Å²) in [4.78, 5) is 3.85. The van der Waals surface area contributed by atoms with Gasteiger partial charge in [0.25, 0.3) is 0 Å². The van der Waals surface area contributed by atoms with E-state index < -0.39 is 24.0 Å². The lowest BCUT2D eigenvalue weighted by molar-refractivity contribution is -0.274. The first-order chi connectivity index (χ1) is 13.6. The molecular formula is C19H14F6N2O2. The summed E-state index contributed by atoms with van der Waals surface area (Å²) in [6, 6.07) is 11.0. The Bertz CT molecular complexity index is 978. The molecule has 0 aliphatic rings. The van der Waals surface area contributed by atoms with Crippen molar-refractivity contribution >= 4 is 0 Å². The van der Waals surface area contributed by atoms with Gasteiger partial charge in [0.2, 0.25) is 0 Å². The fourth-order valence-electron chi connectivity index (χ4n) is 2.80. The second kappa shape index (κ2) is 7.69. The number of para-hydroxylation sites is 1. The van der Waals surface area contributed by atoms with Crippen LogP contribution >= 0.6 is 0 Å². The first-order valence-electron chi connectivity index (χ1n) is 8.19. The van der Waals surface area contributed by atoms with Crippen LogP contribution in [0.3, 0.4) is 0 Å². The molecule has 0 atom stereocenters. The van der Waals surface area contributed by atoms with Gasteiger partial charge in [-0.05, 0) is 30.3 Å². The minimum absolute atomic E-state index is 0.0539. The van der Waals surface area contributed by atoms with E-state index in [1.165, 1.54) is 19.2 Å². The summed E-state index contributed by atoms with van der Waals surface area (Å²) in [5.74, 6) is -0.142. The summed E-state index contributed by atoms with van der Waals surface area (Å²) >= 11 is 0. The average molecular weight is 416 g/mol. The van der Waals surface area contributed by atoms with Crippen molar-refractivity contribution in [1.29, 1.82) is 0 Å². The Balaban J connectivity index is 2.03. The average Bonchev–Trinajstić information content (AvgIpc) is 3.05. The van der Waals surface area contributed by atoms with E-state index in [9.17, 15) is 26.3 Å². The van der Waals surface area contributed by atoms with Crippen molar-refractivity contribution in [1.82, 2.24) is 9.55 Å². The highest BCUT2D eigenvalue weighted by Crippen LogP contribution is 2.35. The first kappa shape index (κ1) is 20.6. The van der Waals surface area contributed by atoms with Crippen molar-refractivity contribution in [2.24, 2.45) is 0 Å². The number of halogens is 6. The van der Waals surface area contributed by atoms with E-state index >= 15 is 0 Å². The Kier molecular flexibility index (Phi) is 5.45. The Labute approximate surface area is 161 Å². The van der Waals surface area contributed by atoms with Gasteiger partial charge in [-0.15, -0.1) is 13.2 Å². The molecule has 154 valence electrons. The maximum Gasteiger partial charge on any atom is 0.573 e. The van der Waals surface area contributed by atoms with E-state index in [2.05, 4.69) is 9.72 Å². The molecule has 4 nitrogen and oxygen atoms in total. The highest BCUT2D eigenvalue weighted by molar-refractivity contribution is 5.58. The van der Waals surface area contributed by atoms with Crippen LogP contribution in [-0.2, 0) is 12.7 Å². The Morgan fingerprint density at radius 1 is 0.931 bits per heavy atom. The lowest BCUT2D eigenvalue weighted by Gasteiger charge is -2.16. The molecule has 0 N–H and O–H groups in total. The Morgan fingerprint density at radius 3 is 2.17 bits per heavy atom. The van der Waals surface area contributed by atoms with Gasteiger partial charge in [0, 0.05) is 11.1 Å². The van der Waals surface area contributed by atoms with Crippen molar-refractivity contribution < 1.29 is 35.8 Å². The molecule has 0 bridgehead atoms. The van der Waals surface area contributed by atoms with Gasteiger partial charge in [-0.2, -0.15) is 13.2 Å². The van der Waals surface area contributed by atoms with Crippen molar-refractivity contribution in [2.75, 3.05) is 7.11 Å². The molecule has 0 fully saturated rings. The molecule has 0 amide bonds. The van der Waals surface area contributed by atoms with Crippen LogP contribution in [0.5, 0.6) is 11.5 Å². The number of ether oxygens (including phenoxy) is 2. The predicted octanol–water partition coefficient (Wildman–Crippen LogP) is 5.52. The second-order valence-corrected chi connectivity index (χ2v) is 5.93. The van der Waals surface area contributed by atoms with Crippen LogP contribution in [0.15, 0.2) is 54.7 Å². The minimum atomic E-state index is -4.87. The van der Waals surface area contributed by atoms with Gasteiger partial charge in [-0.3, -0.25) is 0 Å². The number of alkyl halides is 6. The molecule has 0 aliphatic heterocycles. The van der Waals surface area contributed by atoms with Crippen LogP contribution in [-0.4, -0.2) is 23.0 Å². The van der Waals surface area contributed by atoms with Crippen molar-refractivity contribution in [3.63, 3.8) is 0 Å². The Hall–Kier alpha value is -3.17. The predicted molar refractivity (Wildman–Crippen MR) is 91.4 cm³/mol. The molecule has 1 aromatic heterocycles. The van der Waals surface area contributed by atoms with Crippen LogP contribution in [0.1, 0.15) is 11.3 Å². The van der Waals surface area contributed by atoms with E-state index in [1.54, 1.807) is 24.3 Å². The number of nitrogens with zero attached hydrogens (tertiary/aromatic N) is 2. The lowest BCUT2D eigenvalue weighted by Crippen LogP contribution is -2.17. The molecule has 1 heterocycles. The summed E-state index contributed by atoms with van der Waals surface area (Å²) in [7, 11) is 1.40. The molecule has 0 radical (unpaired) electrons. The van der Waals surface area contributed by atoms with Crippen LogP contribution in [0.2, 0.25) is 0 Å². The Morgan fingerprint density at radius 2 is 1.59 bits per heavy atom. The van der Waals surface area contributed by atoms with Crippen molar-refractivity contribution in [2.45, 2.75) is 19.1 Å². The van der Waals surface area contributed by atoms with Crippen molar-refractivity contribution in [3.8, 4) is 22.9 Å². The third-order valence-electron chi connectivity index (χ3n) is 4.01. The van der Waals surface area contributed by atoms with Crippen molar-refractivity contribution in [3.05, 3.63) is 66.0 Å². The zero-order chi connectivity index (χ0) is 21.2. The maximum absolute atomic E-state index is 13.5. The summed E-state index contributed by atoms with van der Waals surface area (Å²) < 4.78 is 87.2. The molecule has 0 saturated heterocycles. The van der Waals surface area contributed by atoms with Gasteiger partial charge in [0.05, 0.1) is 19.9 Å². The summed E-state index contributed by atoms with van der Waals surface area (Å²) in [5, 5.41) is 0. The van der Waals surface area contributed by atoms with Crippen LogP contribution in [0, 0.1) is 0 Å². The molecular weight excluding hydrogens is 402 g/mol. The van der Waals surface area contributed by atoms with Gasteiger partial charge < -0.3 is 14.0 Å². The third kappa shape index (κ3) is 4.82. The molecule has 3 rings (SSSR count). The standard InChI is InChI=1S/C19H14F6N2O2/c1-28-15-5-3-2-4-13(15)11-27-16(18(20,21)22)10-26-17(27)12-6-8-14(9-7-12)29-19(23,24)25/h2-10H,11H2,1H3. The molecule has 10 heteroatoms. The smallest absolute Gasteiger partial charge is 0.496 e. The molecule has 0 unspecified atom stereocenters. The summed E-state index contributed by atoms with van der Waals surface area (Å²) in [6.07, 6.45) is -8.86. The van der Waals surface area contributed by atoms with E-state index in [0.29, 0.717) is 17.5 Å². The maximum atomic E-state index is 13.5. The van der Waals surface area contributed by atoms with E-state index in [-0.39, 0.29) is 17.9 Å². The quantitative estimate of drug-likeness (QED) is 0.514. The molecule has 0 spiro atoms. The summed E-state index contributed by atoms with van der Waals surface area (Å²) in [6.45, 7) is -0.199. The highest BCUT2D eigenvalue weighted by Gasteiger charge is 2.36. The zero-order valence-corrected chi connectivity index (χ0v) is 14.9.